The van der Waals surface area contributed by atoms with Gasteiger partial charge in [-0.1, -0.05) is 18.2 Å². The van der Waals surface area contributed by atoms with Gasteiger partial charge in [0, 0.05) is 39.3 Å². The summed E-state index contributed by atoms with van der Waals surface area (Å²) in [7, 11) is 0. The summed E-state index contributed by atoms with van der Waals surface area (Å²) in [5.74, 6) is -0.266. The smallest absolute Gasteiger partial charge is 0.312 e. The molecule has 0 aliphatic carbocycles. The molecule has 26 heavy (non-hydrogen) atoms. The molecule has 2 aliphatic rings. The van der Waals surface area contributed by atoms with Crippen LogP contribution in [0.5, 0.6) is 5.75 Å². The molecule has 3 amide bonds. The summed E-state index contributed by atoms with van der Waals surface area (Å²) in [6.45, 7) is 4.86. The Hall–Kier alpha value is -2.57. The Morgan fingerprint density at radius 3 is 2.00 bits per heavy atom. The van der Waals surface area contributed by atoms with Crippen molar-refractivity contribution in [3.63, 3.8) is 0 Å². The molecule has 1 aromatic rings. The third-order valence-corrected chi connectivity index (χ3v) is 4.94. The Bertz CT molecular complexity index is 677. The second-order valence-corrected chi connectivity index (χ2v) is 6.73. The summed E-state index contributed by atoms with van der Waals surface area (Å²) in [5.41, 5.74) is 0.983. The highest BCUT2D eigenvalue weighted by molar-refractivity contribution is 6.35. The number of hydrogen-bond acceptors (Lipinski definition) is 4. The minimum Gasteiger partial charge on any atom is -0.484 e. The van der Waals surface area contributed by atoms with Crippen LogP contribution in [0.1, 0.15) is 18.4 Å². The largest absolute Gasteiger partial charge is 0.484 e. The fourth-order valence-electron chi connectivity index (χ4n) is 3.30. The molecular weight excluding hydrogens is 334 g/mol. The number of benzene rings is 1. The summed E-state index contributed by atoms with van der Waals surface area (Å²) < 4.78 is 5.60. The zero-order valence-electron chi connectivity index (χ0n) is 15.1. The molecule has 2 fully saturated rings. The first kappa shape index (κ1) is 18.2. The lowest BCUT2D eigenvalue weighted by Crippen LogP contribution is -2.54. The highest BCUT2D eigenvalue weighted by Gasteiger charge is 2.31. The number of rotatable bonds is 3. The van der Waals surface area contributed by atoms with Crippen molar-refractivity contribution in [3.8, 4) is 5.75 Å². The Kier molecular flexibility index (Phi) is 5.75. The van der Waals surface area contributed by atoms with E-state index in [1.165, 1.54) is 0 Å². The van der Waals surface area contributed by atoms with Crippen molar-refractivity contribution < 1.29 is 19.1 Å². The zero-order valence-corrected chi connectivity index (χ0v) is 15.1. The molecule has 1 aromatic carbocycles. The quantitative estimate of drug-likeness (QED) is 0.744. The third-order valence-electron chi connectivity index (χ3n) is 4.94. The minimum atomic E-state index is -0.449. The number of ether oxygens (including phenoxy) is 1. The first-order chi connectivity index (χ1) is 12.6. The number of likely N-dealkylation sites (tertiary alicyclic amines) is 1. The molecule has 0 unspecified atom stereocenters. The molecule has 0 saturated carbocycles. The first-order valence-electron chi connectivity index (χ1n) is 9.10. The fourth-order valence-corrected chi connectivity index (χ4v) is 3.30. The number of piperazine rings is 1. The van der Waals surface area contributed by atoms with Crippen LogP contribution in [0.3, 0.4) is 0 Å². The summed E-state index contributed by atoms with van der Waals surface area (Å²) in [6.07, 6.45) is 1.92. The number of carbonyl (C=O) groups excluding carboxylic acids is 3. The lowest BCUT2D eigenvalue weighted by molar-refractivity contribution is -0.153. The monoisotopic (exact) mass is 359 g/mol. The Morgan fingerprint density at radius 2 is 1.38 bits per heavy atom. The molecule has 0 spiro atoms. The van der Waals surface area contributed by atoms with Crippen molar-refractivity contribution in [2.45, 2.75) is 19.8 Å². The van der Waals surface area contributed by atoms with Gasteiger partial charge in [0.2, 0.25) is 0 Å². The summed E-state index contributed by atoms with van der Waals surface area (Å²) >= 11 is 0. The van der Waals surface area contributed by atoms with Gasteiger partial charge in [-0.2, -0.15) is 0 Å². The fraction of sp³-hybridized carbons (Fsp3) is 0.526. The van der Waals surface area contributed by atoms with Crippen LogP contribution in [0.15, 0.2) is 24.3 Å². The van der Waals surface area contributed by atoms with Gasteiger partial charge in [0.25, 0.3) is 5.91 Å². The van der Waals surface area contributed by atoms with Gasteiger partial charge in [0.05, 0.1) is 0 Å². The summed E-state index contributed by atoms with van der Waals surface area (Å²) in [6, 6.07) is 7.56. The minimum absolute atomic E-state index is 0.0223. The highest BCUT2D eigenvalue weighted by Crippen LogP contribution is 2.16. The predicted molar refractivity (Wildman–Crippen MR) is 95.6 cm³/mol. The number of hydrogen-bond donors (Lipinski definition) is 0. The van der Waals surface area contributed by atoms with Crippen LogP contribution in [0.2, 0.25) is 0 Å². The Morgan fingerprint density at radius 1 is 0.846 bits per heavy atom. The zero-order chi connectivity index (χ0) is 18.5. The molecule has 2 heterocycles. The van der Waals surface area contributed by atoms with Gasteiger partial charge < -0.3 is 19.4 Å². The van der Waals surface area contributed by atoms with E-state index in [9.17, 15) is 14.4 Å². The third kappa shape index (κ3) is 4.15. The molecule has 3 rings (SSSR count). The van der Waals surface area contributed by atoms with Crippen LogP contribution >= 0.6 is 0 Å². The molecule has 0 bridgehead atoms. The maximum absolute atomic E-state index is 12.3. The number of nitrogens with zero attached hydrogens (tertiary/aromatic N) is 3. The lowest BCUT2D eigenvalue weighted by Gasteiger charge is -2.34. The van der Waals surface area contributed by atoms with Crippen molar-refractivity contribution in [1.82, 2.24) is 14.7 Å². The molecule has 7 nitrogen and oxygen atoms in total. The van der Waals surface area contributed by atoms with Gasteiger partial charge in [-0.05, 0) is 31.4 Å². The molecule has 7 heteroatoms. The van der Waals surface area contributed by atoms with Gasteiger partial charge in [-0.25, -0.2) is 0 Å². The van der Waals surface area contributed by atoms with E-state index in [2.05, 4.69) is 0 Å². The molecule has 0 aromatic heterocycles. The summed E-state index contributed by atoms with van der Waals surface area (Å²) in [5, 5.41) is 0. The predicted octanol–water partition coefficient (Wildman–Crippen LogP) is 0.667. The van der Waals surface area contributed by atoms with E-state index < -0.39 is 11.8 Å². The van der Waals surface area contributed by atoms with Crippen LogP contribution in [0.4, 0.5) is 0 Å². The molecule has 2 aliphatic heterocycles. The molecular formula is C19H25N3O4. The van der Waals surface area contributed by atoms with Crippen LogP contribution in [-0.2, 0) is 14.4 Å². The standard InChI is InChI=1S/C19H25N3O4/c1-15-6-2-3-7-16(15)26-14-17(23)20-10-12-22(13-11-20)19(25)18(24)21-8-4-5-9-21/h2-3,6-7H,4-5,8-14H2,1H3. The van der Waals surface area contributed by atoms with E-state index in [0.29, 0.717) is 45.0 Å². The number of amides is 3. The van der Waals surface area contributed by atoms with Crippen molar-refractivity contribution in [1.29, 1.82) is 0 Å². The molecule has 0 atom stereocenters. The van der Waals surface area contributed by atoms with Crippen LogP contribution < -0.4 is 4.74 Å². The number of aryl methyl sites for hydroxylation is 1. The van der Waals surface area contributed by atoms with E-state index >= 15 is 0 Å². The second kappa shape index (κ2) is 8.21. The van der Waals surface area contributed by atoms with Crippen LogP contribution in [0, 0.1) is 6.92 Å². The molecule has 2 saturated heterocycles. The van der Waals surface area contributed by atoms with Gasteiger partial charge in [0.15, 0.2) is 6.61 Å². The SMILES string of the molecule is Cc1ccccc1OCC(=O)N1CCN(C(=O)C(=O)N2CCCC2)CC1. The maximum Gasteiger partial charge on any atom is 0.312 e. The first-order valence-corrected chi connectivity index (χ1v) is 9.10. The normalized spacial score (nSPS) is 17.3. The Balaban J connectivity index is 1.45. The maximum atomic E-state index is 12.3. The number of carbonyl (C=O) groups is 3. The van der Waals surface area contributed by atoms with Crippen molar-refractivity contribution >= 4 is 17.7 Å². The average molecular weight is 359 g/mol. The second-order valence-electron chi connectivity index (χ2n) is 6.73. The van der Waals surface area contributed by atoms with Crippen molar-refractivity contribution in [3.05, 3.63) is 29.8 Å². The lowest BCUT2D eigenvalue weighted by atomic mass is 10.2. The molecule has 0 radical (unpaired) electrons. The van der Waals surface area contributed by atoms with E-state index in [0.717, 1.165) is 18.4 Å². The van der Waals surface area contributed by atoms with Crippen LogP contribution in [-0.4, -0.2) is 78.3 Å². The molecule has 0 N–H and O–H groups in total. The molecule has 140 valence electrons. The number of para-hydroxylation sites is 1. The van der Waals surface area contributed by atoms with E-state index in [1.807, 2.05) is 31.2 Å². The van der Waals surface area contributed by atoms with Gasteiger partial charge in [-0.15, -0.1) is 0 Å². The van der Waals surface area contributed by atoms with E-state index in [1.54, 1.807) is 14.7 Å². The highest BCUT2D eigenvalue weighted by atomic mass is 16.5. The van der Waals surface area contributed by atoms with Gasteiger partial charge >= 0.3 is 11.8 Å². The van der Waals surface area contributed by atoms with Gasteiger partial charge in [0.1, 0.15) is 5.75 Å². The average Bonchev–Trinajstić information content (AvgIpc) is 3.21. The van der Waals surface area contributed by atoms with Crippen molar-refractivity contribution in [2.75, 3.05) is 45.9 Å². The van der Waals surface area contributed by atoms with Gasteiger partial charge in [-0.3, -0.25) is 14.4 Å². The van der Waals surface area contributed by atoms with Crippen LogP contribution in [0.25, 0.3) is 0 Å². The van der Waals surface area contributed by atoms with E-state index in [4.69, 9.17) is 4.74 Å². The summed E-state index contributed by atoms with van der Waals surface area (Å²) in [4.78, 5) is 41.7. The van der Waals surface area contributed by atoms with Crippen molar-refractivity contribution in [2.24, 2.45) is 0 Å². The Labute approximate surface area is 153 Å². The van der Waals surface area contributed by atoms with E-state index in [-0.39, 0.29) is 12.5 Å². The topological polar surface area (TPSA) is 70.2 Å².